The van der Waals surface area contributed by atoms with Gasteiger partial charge in [0.2, 0.25) is 0 Å². The number of benzene rings is 1. The van der Waals surface area contributed by atoms with E-state index in [0.717, 1.165) is 10.8 Å². The summed E-state index contributed by atoms with van der Waals surface area (Å²) in [5.74, 6) is 5.42. The molecule has 0 bridgehead atoms. The van der Waals surface area contributed by atoms with Crippen molar-refractivity contribution in [3.05, 3.63) is 60.6 Å². The fourth-order valence-electron chi connectivity index (χ4n) is 2.12. The molecule has 2 aromatic heterocycles. The molecule has 21 heavy (non-hydrogen) atoms. The van der Waals surface area contributed by atoms with Crippen LogP contribution in [-0.2, 0) is 0 Å². The number of nitrogen functional groups attached to an aromatic ring is 1. The van der Waals surface area contributed by atoms with Crippen LogP contribution in [0.25, 0.3) is 10.8 Å². The summed E-state index contributed by atoms with van der Waals surface area (Å²) in [5, 5.41) is 4.75. The Labute approximate surface area is 121 Å². The van der Waals surface area contributed by atoms with Gasteiger partial charge in [-0.15, -0.1) is 0 Å². The second-order valence-electron chi connectivity index (χ2n) is 4.40. The molecule has 0 atom stereocenters. The Morgan fingerprint density at radius 1 is 1.10 bits per heavy atom. The van der Waals surface area contributed by atoms with Crippen LogP contribution >= 0.6 is 0 Å². The van der Waals surface area contributed by atoms with E-state index in [-0.39, 0.29) is 5.91 Å². The molecule has 0 unspecified atom stereocenters. The third-order valence-corrected chi connectivity index (χ3v) is 3.12. The topological polar surface area (TPSA) is 92.9 Å². The lowest BCUT2D eigenvalue weighted by atomic mass is 10.1. The largest absolute Gasteiger partial charge is 0.321 e. The molecule has 0 radical (unpaired) electrons. The smallest absolute Gasteiger partial charge is 0.259 e. The number of carbonyl (C=O) groups excluding carboxylic acids is 1. The normalized spacial score (nSPS) is 10.3. The molecular weight excluding hydrogens is 266 g/mol. The molecule has 0 saturated heterocycles. The van der Waals surface area contributed by atoms with Crippen LogP contribution in [0.2, 0.25) is 0 Å². The molecule has 0 saturated carbocycles. The zero-order valence-corrected chi connectivity index (χ0v) is 11.1. The number of carbonyl (C=O) groups is 1. The van der Waals surface area contributed by atoms with Crippen LogP contribution in [0.1, 0.15) is 10.4 Å². The summed E-state index contributed by atoms with van der Waals surface area (Å²) in [6.07, 6.45) is 5.01. The Morgan fingerprint density at radius 2 is 2.00 bits per heavy atom. The number of anilines is 2. The Kier molecular flexibility index (Phi) is 3.44. The molecule has 0 aliphatic rings. The number of aromatic nitrogens is 2. The molecule has 6 nitrogen and oxygen atoms in total. The molecule has 0 aliphatic heterocycles. The van der Waals surface area contributed by atoms with Crippen molar-refractivity contribution in [1.29, 1.82) is 0 Å². The van der Waals surface area contributed by atoms with Gasteiger partial charge in [-0.3, -0.25) is 9.78 Å². The third kappa shape index (κ3) is 2.52. The van der Waals surface area contributed by atoms with Crippen LogP contribution in [0, 0.1) is 0 Å². The first-order chi connectivity index (χ1) is 10.3. The van der Waals surface area contributed by atoms with E-state index < -0.39 is 0 Å². The van der Waals surface area contributed by atoms with E-state index in [9.17, 15) is 4.79 Å². The first kappa shape index (κ1) is 13.0. The zero-order chi connectivity index (χ0) is 14.7. The second-order valence-corrected chi connectivity index (χ2v) is 4.40. The van der Waals surface area contributed by atoms with Gasteiger partial charge in [0, 0.05) is 35.1 Å². The van der Waals surface area contributed by atoms with Gasteiger partial charge >= 0.3 is 0 Å². The van der Waals surface area contributed by atoms with Crippen molar-refractivity contribution in [2.24, 2.45) is 5.84 Å². The maximum Gasteiger partial charge on any atom is 0.259 e. The van der Waals surface area contributed by atoms with E-state index in [0.29, 0.717) is 17.1 Å². The van der Waals surface area contributed by atoms with Gasteiger partial charge in [0.05, 0.1) is 5.56 Å². The molecule has 104 valence electrons. The molecule has 0 spiro atoms. The molecule has 0 aliphatic carbocycles. The number of hydrazine groups is 1. The number of fused-ring (bicyclic) bond motifs is 1. The van der Waals surface area contributed by atoms with Crippen LogP contribution in [0.15, 0.2) is 55.0 Å². The van der Waals surface area contributed by atoms with Gasteiger partial charge in [0.15, 0.2) is 5.82 Å². The van der Waals surface area contributed by atoms with Crippen molar-refractivity contribution >= 4 is 28.2 Å². The van der Waals surface area contributed by atoms with E-state index in [2.05, 4.69) is 20.7 Å². The summed E-state index contributed by atoms with van der Waals surface area (Å²) in [7, 11) is 0. The van der Waals surface area contributed by atoms with Gasteiger partial charge < -0.3 is 10.7 Å². The summed E-state index contributed by atoms with van der Waals surface area (Å²) in [5.41, 5.74) is 3.51. The van der Waals surface area contributed by atoms with E-state index in [1.807, 2.05) is 24.3 Å². The molecule has 1 amide bonds. The van der Waals surface area contributed by atoms with Crippen molar-refractivity contribution in [1.82, 2.24) is 9.97 Å². The maximum absolute atomic E-state index is 12.4. The number of amides is 1. The first-order valence-electron chi connectivity index (χ1n) is 6.35. The molecule has 2 heterocycles. The molecular formula is C15H13N5O. The van der Waals surface area contributed by atoms with Crippen LogP contribution < -0.4 is 16.6 Å². The average Bonchev–Trinajstić information content (AvgIpc) is 2.55. The van der Waals surface area contributed by atoms with Gasteiger partial charge in [-0.2, -0.15) is 0 Å². The third-order valence-electron chi connectivity index (χ3n) is 3.12. The lowest BCUT2D eigenvalue weighted by molar-refractivity contribution is 0.102. The fraction of sp³-hybridized carbons (Fsp3) is 0. The van der Waals surface area contributed by atoms with E-state index in [4.69, 9.17) is 5.84 Å². The van der Waals surface area contributed by atoms with Crippen molar-refractivity contribution in [3.8, 4) is 0 Å². The maximum atomic E-state index is 12.4. The van der Waals surface area contributed by atoms with Crippen molar-refractivity contribution in [3.63, 3.8) is 0 Å². The monoisotopic (exact) mass is 279 g/mol. The minimum absolute atomic E-state index is 0.277. The molecule has 0 fully saturated rings. The van der Waals surface area contributed by atoms with E-state index in [1.165, 1.54) is 0 Å². The van der Waals surface area contributed by atoms with Crippen LogP contribution in [0.5, 0.6) is 0 Å². The predicted octanol–water partition coefficient (Wildman–Crippen LogP) is 2.17. The minimum atomic E-state index is -0.277. The number of hydrogen-bond donors (Lipinski definition) is 3. The molecule has 6 heteroatoms. The van der Waals surface area contributed by atoms with E-state index in [1.54, 1.807) is 30.7 Å². The lowest BCUT2D eigenvalue weighted by Gasteiger charge is -2.10. The number of nitrogens with zero attached hydrogens (tertiary/aromatic N) is 2. The molecule has 3 rings (SSSR count). The Hall–Kier alpha value is -2.99. The number of pyridine rings is 2. The Bertz CT molecular complexity index is 797. The van der Waals surface area contributed by atoms with Crippen molar-refractivity contribution < 1.29 is 4.79 Å². The SMILES string of the molecule is NNc1ncccc1C(=O)Nc1cccc2cnccc12. The van der Waals surface area contributed by atoms with Crippen LogP contribution in [-0.4, -0.2) is 15.9 Å². The van der Waals surface area contributed by atoms with Gasteiger partial charge in [-0.1, -0.05) is 12.1 Å². The van der Waals surface area contributed by atoms with Crippen LogP contribution in [0.4, 0.5) is 11.5 Å². The van der Waals surface area contributed by atoms with Gasteiger partial charge in [-0.25, -0.2) is 10.8 Å². The Balaban J connectivity index is 1.97. The predicted molar refractivity (Wildman–Crippen MR) is 81.7 cm³/mol. The number of hydrogen-bond acceptors (Lipinski definition) is 5. The van der Waals surface area contributed by atoms with Gasteiger partial charge in [0.1, 0.15) is 0 Å². The Morgan fingerprint density at radius 3 is 2.86 bits per heavy atom. The van der Waals surface area contributed by atoms with Crippen molar-refractivity contribution in [2.75, 3.05) is 10.7 Å². The fourth-order valence-corrected chi connectivity index (χ4v) is 2.12. The van der Waals surface area contributed by atoms with Crippen molar-refractivity contribution in [2.45, 2.75) is 0 Å². The van der Waals surface area contributed by atoms with Gasteiger partial charge in [0.25, 0.3) is 5.91 Å². The highest BCUT2D eigenvalue weighted by Crippen LogP contribution is 2.23. The number of nitrogens with one attached hydrogen (secondary N) is 2. The standard InChI is InChI=1S/C15H13N5O/c16-20-14-12(4-2-7-18-14)15(21)19-13-5-1-3-10-9-17-8-6-11(10)13/h1-9H,16H2,(H,18,20)(H,19,21). The molecule has 3 aromatic rings. The highest BCUT2D eigenvalue weighted by molar-refractivity contribution is 6.11. The van der Waals surface area contributed by atoms with Gasteiger partial charge in [-0.05, 0) is 24.3 Å². The van der Waals surface area contributed by atoms with Crippen LogP contribution in [0.3, 0.4) is 0 Å². The molecule has 4 N–H and O–H groups in total. The number of nitrogens with two attached hydrogens (primary N) is 1. The lowest BCUT2D eigenvalue weighted by Crippen LogP contribution is -2.18. The average molecular weight is 279 g/mol. The summed E-state index contributed by atoms with van der Waals surface area (Å²) >= 11 is 0. The number of rotatable bonds is 3. The minimum Gasteiger partial charge on any atom is -0.321 e. The summed E-state index contributed by atoms with van der Waals surface area (Å²) in [6, 6.07) is 10.8. The quantitative estimate of drug-likeness (QED) is 0.504. The highest BCUT2D eigenvalue weighted by atomic mass is 16.1. The summed E-state index contributed by atoms with van der Waals surface area (Å²) in [6.45, 7) is 0. The van der Waals surface area contributed by atoms with E-state index >= 15 is 0 Å². The zero-order valence-electron chi connectivity index (χ0n) is 11.1. The molecule has 1 aromatic carbocycles. The highest BCUT2D eigenvalue weighted by Gasteiger charge is 2.12. The second kappa shape index (κ2) is 5.56. The summed E-state index contributed by atoms with van der Waals surface area (Å²) in [4.78, 5) is 20.5. The first-order valence-corrected chi connectivity index (χ1v) is 6.35. The summed E-state index contributed by atoms with van der Waals surface area (Å²) < 4.78 is 0.